The van der Waals surface area contributed by atoms with Gasteiger partial charge in [0.2, 0.25) is 5.91 Å². The average Bonchev–Trinajstić information content (AvgIpc) is 1.97. The number of carboxylic acid groups (broad SMARTS) is 2. The van der Waals surface area contributed by atoms with Crippen LogP contribution in [0.5, 0.6) is 0 Å². The maximum Gasteiger partial charge on any atom is 0.326 e. The van der Waals surface area contributed by atoms with E-state index in [1.54, 1.807) is 0 Å². The lowest BCUT2D eigenvalue weighted by atomic mass is 9.92. The molecule has 3 N–H and O–H groups in total. The van der Waals surface area contributed by atoms with Crippen LogP contribution in [0.25, 0.3) is 0 Å². The lowest BCUT2D eigenvalue weighted by Crippen LogP contribution is -2.43. The summed E-state index contributed by atoms with van der Waals surface area (Å²) >= 11 is 0. The molecule has 0 radical (unpaired) electrons. The normalized spacial score (nSPS) is 12.9. The van der Waals surface area contributed by atoms with Crippen LogP contribution in [0.15, 0.2) is 0 Å². The smallest absolute Gasteiger partial charge is 0.326 e. The Balaban J connectivity index is 4.35. The molecule has 0 saturated heterocycles. The largest absolute Gasteiger partial charge is 0.481 e. The molecule has 0 aliphatic carbocycles. The molecule has 6 nitrogen and oxygen atoms in total. The van der Waals surface area contributed by atoms with E-state index in [-0.39, 0.29) is 11.8 Å². The lowest BCUT2D eigenvalue weighted by molar-refractivity contribution is -0.147. The third-order valence-corrected chi connectivity index (χ3v) is 1.70. The van der Waals surface area contributed by atoms with Gasteiger partial charge in [-0.05, 0) is 5.41 Å². The van der Waals surface area contributed by atoms with Crippen LogP contribution in [0.1, 0.15) is 33.6 Å². The van der Waals surface area contributed by atoms with E-state index < -0.39 is 30.3 Å². The van der Waals surface area contributed by atoms with Gasteiger partial charge in [0.25, 0.3) is 0 Å². The number of carbonyl (C=O) groups excluding carboxylic acids is 1. The lowest BCUT2D eigenvalue weighted by Gasteiger charge is -2.19. The molecule has 0 unspecified atom stereocenters. The van der Waals surface area contributed by atoms with Crippen molar-refractivity contribution in [1.82, 2.24) is 5.32 Å². The Morgan fingerprint density at radius 2 is 1.69 bits per heavy atom. The Morgan fingerprint density at radius 1 is 1.19 bits per heavy atom. The van der Waals surface area contributed by atoms with Crippen molar-refractivity contribution in [2.75, 3.05) is 0 Å². The molecular weight excluding hydrogens is 214 g/mol. The maximum absolute atomic E-state index is 11.4. The number of carbonyl (C=O) groups is 3. The number of hydrogen-bond donors (Lipinski definition) is 3. The van der Waals surface area contributed by atoms with E-state index in [1.807, 2.05) is 20.8 Å². The van der Waals surface area contributed by atoms with Gasteiger partial charge in [-0.3, -0.25) is 9.59 Å². The third kappa shape index (κ3) is 6.80. The molecule has 0 saturated carbocycles. The fourth-order valence-corrected chi connectivity index (χ4v) is 1.10. The minimum absolute atomic E-state index is 0.149. The van der Waals surface area contributed by atoms with Crippen molar-refractivity contribution in [1.29, 1.82) is 0 Å². The Hall–Kier alpha value is -1.59. The molecule has 0 aromatic rings. The highest BCUT2D eigenvalue weighted by atomic mass is 16.4. The van der Waals surface area contributed by atoms with Gasteiger partial charge >= 0.3 is 11.9 Å². The first kappa shape index (κ1) is 14.4. The zero-order chi connectivity index (χ0) is 12.9. The van der Waals surface area contributed by atoms with Gasteiger partial charge in [-0.15, -0.1) is 0 Å². The third-order valence-electron chi connectivity index (χ3n) is 1.70. The van der Waals surface area contributed by atoms with E-state index in [1.165, 1.54) is 0 Å². The zero-order valence-corrected chi connectivity index (χ0v) is 9.61. The van der Waals surface area contributed by atoms with E-state index in [0.717, 1.165) is 0 Å². The molecule has 0 aliphatic rings. The molecule has 6 heteroatoms. The summed E-state index contributed by atoms with van der Waals surface area (Å²) in [5.74, 6) is -3.06. The Kier molecular flexibility index (Phi) is 4.94. The number of rotatable bonds is 5. The van der Waals surface area contributed by atoms with Gasteiger partial charge < -0.3 is 15.5 Å². The van der Waals surface area contributed by atoms with Gasteiger partial charge in [-0.1, -0.05) is 20.8 Å². The molecule has 0 fully saturated rings. The predicted octanol–water partition coefficient (Wildman–Crippen LogP) is 0.467. The number of hydrogen-bond acceptors (Lipinski definition) is 3. The highest BCUT2D eigenvalue weighted by molar-refractivity contribution is 5.86. The number of carboxylic acids is 2. The zero-order valence-electron chi connectivity index (χ0n) is 9.61. The molecule has 0 rings (SSSR count). The minimum Gasteiger partial charge on any atom is -0.481 e. The summed E-state index contributed by atoms with van der Waals surface area (Å²) in [6, 6.07) is -1.37. The molecule has 0 aromatic heterocycles. The van der Waals surface area contributed by atoms with E-state index >= 15 is 0 Å². The van der Waals surface area contributed by atoms with Crippen LogP contribution in [0.4, 0.5) is 0 Å². The summed E-state index contributed by atoms with van der Waals surface area (Å²) in [4.78, 5) is 32.4. The van der Waals surface area contributed by atoms with Crippen LogP contribution >= 0.6 is 0 Å². The van der Waals surface area contributed by atoms with Gasteiger partial charge in [-0.2, -0.15) is 0 Å². The standard InChI is InChI=1S/C10H17NO5/c1-10(2,3)5-7(12)11-6(9(15)16)4-8(13)14/h6H,4-5H2,1-3H3,(H,11,12)(H,13,14)(H,15,16)/t6-/m0/s1. The number of nitrogens with one attached hydrogen (secondary N) is 1. The van der Waals surface area contributed by atoms with Crippen molar-refractivity contribution in [3.05, 3.63) is 0 Å². The van der Waals surface area contributed by atoms with E-state index in [0.29, 0.717) is 0 Å². The molecule has 0 aliphatic heterocycles. The van der Waals surface area contributed by atoms with Crippen LogP contribution in [-0.2, 0) is 14.4 Å². The first-order valence-corrected chi connectivity index (χ1v) is 4.86. The van der Waals surface area contributed by atoms with Gasteiger partial charge in [-0.25, -0.2) is 4.79 Å². The molecule has 92 valence electrons. The topological polar surface area (TPSA) is 104 Å². The second kappa shape index (κ2) is 5.48. The summed E-state index contributed by atoms with van der Waals surface area (Å²) in [7, 11) is 0. The van der Waals surface area contributed by atoms with Crippen molar-refractivity contribution < 1.29 is 24.6 Å². The molecule has 1 atom stereocenters. The number of amides is 1. The van der Waals surface area contributed by atoms with E-state index in [9.17, 15) is 14.4 Å². The van der Waals surface area contributed by atoms with Crippen LogP contribution in [0.2, 0.25) is 0 Å². The fourth-order valence-electron chi connectivity index (χ4n) is 1.10. The minimum atomic E-state index is -1.37. The fraction of sp³-hybridized carbons (Fsp3) is 0.700. The van der Waals surface area contributed by atoms with Crippen molar-refractivity contribution in [3.63, 3.8) is 0 Å². The quantitative estimate of drug-likeness (QED) is 0.638. The summed E-state index contributed by atoms with van der Waals surface area (Å²) < 4.78 is 0. The van der Waals surface area contributed by atoms with E-state index in [4.69, 9.17) is 10.2 Å². The van der Waals surface area contributed by atoms with Gasteiger partial charge in [0, 0.05) is 6.42 Å². The van der Waals surface area contributed by atoms with Crippen molar-refractivity contribution in [3.8, 4) is 0 Å². The summed E-state index contributed by atoms with van der Waals surface area (Å²) in [5.41, 5.74) is -0.267. The highest BCUT2D eigenvalue weighted by Crippen LogP contribution is 2.18. The highest BCUT2D eigenvalue weighted by Gasteiger charge is 2.25. The van der Waals surface area contributed by atoms with Gasteiger partial charge in [0.05, 0.1) is 6.42 Å². The average molecular weight is 231 g/mol. The summed E-state index contributed by atoms with van der Waals surface area (Å²) in [6.45, 7) is 5.50. The maximum atomic E-state index is 11.4. The van der Waals surface area contributed by atoms with Crippen molar-refractivity contribution in [2.45, 2.75) is 39.7 Å². The second-order valence-electron chi connectivity index (χ2n) is 4.79. The first-order valence-electron chi connectivity index (χ1n) is 4.86. The Bertz CT molecular complexity index is 292. The Labute approximate surface area is 93.6 Å². The van der Waals surface area contributed by atoms with Crippen LogP contribution < -0.4 is 5.32 Å². The van der Waals surface area contributed by atoms with E-state index in [2.05, 4.69) is 5.32 Å². The van der Waals surface area contributed by atoms with Crippen LogP contribution in [0, 0.1) is 5.41 Å². The summed E-state index contributed by atoms with van der Waals surface area (Å²) in [6.07, 6.45) is -0.471. The molecule has 0 bridgehead atoms. The second-order valence-corrected chi connectivity index (χ2v) is 4.79. The molecule has 1 amide bonds. The van der Waals surface area contributed by atoms with Crippen LogP contribution in [0.3, 0.4) is 0 Å². The van der Waals surface area contributed by atoms with Crippen molar-refractivity contribution >= 4 is 17.8 Å². The van der Waals surface area contributed by atoms with Gasteiger partial charge in [0.15, 0.2) is 0 Å². The van der Waals surface area contributed by atoms with Gasteiger partial charge in [0.1, 0.15) is 6.04 Å². The molecule has 0 heterocycles. The number of aliphatic carboxylic acids is 2. The van der Waals surface area contributed by atoms with Crippen molar-refractivity contribution in [2.24, 2.45) is 5.41 Å². The Morgan fingerprint density at radius 3 is 2.00 bits per heavy atom. The predicted molar refractivity (Wildman–Crippen MR) is 55.9 cm³/mol. The summed E-state index contributed by atoms with van der Waals surface area (Å²) in [5, 5.41) is 19.3. The molecular formula is C10H17NO5. The molecule has 16 heavy (non-hydrogen) atoms. The molecule has 0 spiro atoms. The SMILES string of the molecule is CC(C)(C)CC(=O)N[C@@H](CC(=O)O)C(=O)O. The molecule has 0 aromatic carbocycles. The van der Waals surface area contributed by atoms with Crippen LogP contribution in [-0.4, -0.2) is 34.1 Å². The first-order chi connectivity index (χ1) is 7.11. The monoisotopic (exact) mass is 231 g/mol.